The Bertz CT molecular complexity index is 1530. The lowest BCUT2D eigenvalue weighted by molar-refractivity contribution is 0.0978. The summed E-state index contributed by atoms with van der Waals surface area (Å²) in [6.45, 7) is 2.09. The van der Waals surface area contributed by atoms with Gasteiger partial charge in [0.05, 0.1) is 22.4 Å². The third kappa shape index (κ3) is 4.43. The molecule has 164 valence electrons. The number of carbonyl (C=O) groups excluding carboxylic acids is 1. The summed E-state index contributed by atoms with van der Waals surface area (Å²) in [5.41, 5.74) is 5.77. The number of hydrogen-bond acceptors (Lipinski definition) is 7. The third-order valence-corrected chi connectivity index (χ3v) is 6.16. The van der Waals surface area contributed by atoms with Gasteiger partial charge in [-0.3, -0.25) is 10.1 Å². The molecule has 2 aromatic heterocycles. The van der Waals surface area contributed by atoms with Crippen LogP contribution < -0.4 is 10.6 Å². The van der Waals surface area contributed by atoms with Crippen LogP contribution in [0, 0.1) is 0 Å². The number of nitrogens with zero attached hydrogens (tertiary/aromatic N) is 3. The number of amides is 1. The number of aromatic nitrogens is 3. The zero-order chi connectivity index (χ0) is 22.9. The number of halogens is 1. The highest BCUT2D eigenvalue weighted by Crippen LogP contribution is 2.31. The Hall–Kier alpha value is -3.40. The maximum Gasteiger partial charge on any atom is 0.257 e. The SMILES string of the molecule is CCc1ccc2oc(-c3ccc(Cl)c(NC(=S)NC(=O)c4ccc5nsnc5c4)c3)nc2c1. The fourth-order valence-electron chi connectivity index (χ4n) is 3.32. The highest BCUT2D eigenvalue weighted by Gasteiger charge is 2.14. The summed E-state index contributed by atoms with van der Waals surface area (Å²) in [6, 6.07) is 16.4. The van der Waals surface area contributed by atoms with Crippen molar-refractivity contribution in [2.24, 2.45) is 0 Å². The molecule has 0 atom stereocenters. The number of nitrogens with one attached hydrogen (secondary N) is 2. The molecule has 0 saturated heterocycles. The van der Waals surface area contributed by atoms with E-state index in [1.165, 1.54) is 5.56 Å². The van der Waals surface area contributed by atoms with Gasteiger partial charge in [0.2, 0.25) is 5.89 Å². The van der Waals surface area contributed by atoms with Crippen molar-refractivity contribution in [1.82, 2.24) is 19.0 Å². The Balaban J connectivity index is 1.34. The second-order valence-corrected chi connectivity index (χ2v) is 8.59. The maximum atomic E-state index is 12.6. The van der Waals surface area contributed by atoms with E-state index < -0.39 is 0 Å². The van der Waals surface area contributed by atoms with Gasteiger partial charge in [0.15, 0.2) is 10.7 Å². The average Bonchev–Trinajstić information content (AvgIpc) is 3.46. The van der Waals surface area contributed by atoms with Crippen LogP contribution >= 0.6 is 35.5 Å². The first-order chi connectivity index (χ1) is 16.0. The summed E-state index contributed by atoms with van der Waals surface area (Å²) in [5, 5.41) is 6.19. The summed E-state index contributed by atoms with van der Waals surface area (Å²) in [5.74, 6) is 0.110. The van der Waals surface area contributed by atoms with Gasteiger partial charge in [-0.2, -0.15) is 8.75 Å². The van der Waals surface area contributed by atoms with E-state index in [0.717, 1.165) is 34.7 Å². The van der Waals surface area contributed by atoms with Crippen LogP contribution in [0.5, 0.6) is 0 Å². The van der Waals surface area contributed by atoms with Gasteiger partial charge < -0.3 is 9.73 Å². The van der Waals surface area contributed by atoms with E-state index in [1.54, 1.807) is 30.3 Å². The van der Waals surface area contributed by atoms with Crippen LogP contribution in [0.1, 0.15) is 22.8 Å². The number of carbonyl (C=O) groups is 1. The molecule has 0 aliphatic carbocycles. The highest BCUT2D eigenvalue weighted by atomic mass is 35.5. The van der Waals surface area contributed by atoms with Gasteiger partial charge in [0.1, 0.15) is 16.6 Å². The molecule has 0 aliphatic heterocycles. The zero-order valence-corrected chi connectivity index (χ0v) is 19.6. The maximum absolute atomic E-state index is 12.6. The Morgan fingerprint density at radius 1 is 1.06 bits per heavy atom. The number of rotatable bonds is 4. The van der Waals surface area contributed by atoms with Gasteiger partial charge in [-0.05, 0) is 72.7 Å². The van der Waals surface area contributed by atoms with Gasteiger partial charge in [-0.25, -0.2) is 4.98 Å². The first-order valence-electron chi connectivity index (χ1n) is 10.0. The minimum absolute atomic E-state index is 0.112. The van der Waals surface area contributed by atoms with E-state index in [9.17, 15) is 4.79 Å². The van der Waals surface area contributed by atoms with Gasteiger partial charge in [-0.15, -0.1) is 0 Å². The van der Waals surface area contributed by atoms with E-state index in [-0.39, 0.29) is 11.0 Å². The molecule has 0 bridgehead atoms. The molecule has 5 rings (SSSR count). The number of aryl methyl sites for hydroxylation is 1. The summed E-state index contributed by atoms with van der Waals surface area (Å²) >= 11 is 12.8. The van der Waals surface area contributed by atoms with Crippen molar-refractivity contribution in [2.75, 3.05) is 5.32 Å². The van der Waals surface area contributed by atoms with E-state index in [1.807, 2.05) is 24.3 Å². The molecule has 5 aromatic rings. The molecule has 0 saturated carbocycles. The number of hydrogen-bond donors (Lipinski definition) is 2. The molecule has 33 heavy (non-hydrogen) atoms. The average molecular weight is 494 g/mol. The fourth-order valence-corrected chi connectivity index (χ4v) is 4.21. The van der Waals surface area contributed by atoms with Crippen molar-refractivity contribution in [3.8, 4) is 11.5 Å². The molecule has 0 unspecified atom stereocenters. The minimum Gasteiger partial charge on any atom is -0.436 e. The van der Waals surface area contributed by atoms with Gasteiger partial charge in [0, 0.05) is 11.1 Å². The monoisotopic (exact) mass is 493 g/mol. The van der Waals surface area contributed by atoms with E-state index in [2.05, 4.69) is 31.3 Å². The van der Waals surface area contributed by atoms with Crippen LogP contribution in [0.25, 0.3) is 33.6 Å². The van der Waals surface area contributed by atoms with E-state index in [4.69, 9.17) is 28.2 Å². The second kappa shape index (κ2) is 8.86. The van der Waals surface area contributed by atoms with Crippen LogP contribution in [-0.4, -0.2) is 24.8 Å². The van der Waals surface area contributed by atoms with E-state index in [0.29, 0.717) is 33.3 Å². The molecule has 2 N–H and O–H groups in total. The lowest BCUT2D eigenvalue weighted by atomic mass is 10.1. The molecule has 3 aromatic carbocycles. The quantitative estimate of drug-likeness (QED) is 0.304. The highest BCUT2D eigenvalue weighted by molar-refractivity contribution is 7.80. The number of fused-ring (bicyclic) bond motifs is 2. The summed E-state index contributed by atoms with van der Waals surface area (Å²) in [7, 11) is 0. The standard InChI is InChI=1S/C23H16ClN5O2S2/c1-2-12-3-8-20-19(9-12)25-22(31-20)14-4-6-15(24)17(11-14)26-23(32)27-21(30)13-5-7-16-18(10-13)29-33-28-16/h3-11H,2H2,1H3,(H2,26,27,30,32). The zero-order valence-electron chi connectivity index (χ0n) is 17.3. The normalized spacial score (nSPS) is 11.1. The van der Waals surface area contributed by atoms with Crippen molar-refractivity contribution < 1.29 is 9.21 Å². The Morgan fingerprint density at radius 2 is 1.91 bits per heavy atom. The molecule has 0 fully saturated rings. The number of thiocarbonyl (C=S) groups is 1. The van der Waals surface area contributed by atoms with Gasteiger partial charge in [-0.1, -0.05) is 24.6 Å². The topological polar surface area (TPSA) is 92.9 Å². The van der Waals surface area contributed by atoms with Crippen molar-refractivity contribution in [3.05, 3.63) is 70.7 Å². The van der Waals surface area contributed by atoms with Crippen LogP contribution in [0.2, 0.25) is 5.02 Å². The Labute approximate surface area is 203 Å². The molecule has 1 amide bonds. The first-order valence-corrected chi connectivity index (χ1v) is 11.6. The molecule has 7 nitrogen and oxygen atoms in total. The summed E-state index contributed by atoms with van der Waals surface area (Å²) < 4.78 is 14.2. The Morgan fingerprint density at radius 3 is 2.76 bits per heavy atom. The summed E-state index contributed by atoms with van der Waals surface area (Å²) in [6.07, 6.45) is 0.921. The Kier molecular flexibility index (Phi) is 5.76. The van der Waals surface area contributed by atoms with Crippen molar-refractivity contribution in [1.29, 1.82) is 0 Å². The largest absolute Gasteiger partial charge is 0.436 e. The van der Waals surface area contributed by atoms with Crippen molar-refractivity contribution in [2.45, 2.75) is 13.3 Å². The molecular formula is C23H16ClN5O2S2. The number of anilines is 1. The minimum atomic E-state index is -0.361. The predicted molar refractivity (Wildman–Crippen MR) is 135 cm³/mol. The third-order valence-electron chi connectivity index (χ3n) is 5.06. The smallest absolute Gasteiger partial charge is 0.257 e. The van der Waals surface area contributed by atoms with Gasteiger partial charge >= 0.3 is 0 Å². The number of oxazole rings is 1. The van der Waals surface area contributed by atoms with Crippen LogP contribution in [0.4, 0.5) is 5.69 Å². The number of benzene rings is 3. The van der Waals surface area contributed by atoms with E-state index >= 15 is 0 Å². The second-order valence-electron chi connectivity index (χ2n) is 7.25. The van der Waals surface area contributed by atoms with Crippen LogP contribution in [0.3, 0.4) is 0 Å². The first kappa shape index (κ1) is 21.4. The van der Waals surface area contributed by atoms with Crippen molar-refractivity contribution in [3.63, 3.8) is 0 Å². The molecule has 10 heteroatoms. The molecule has 0 spiro atoms. The van der Waals surface area contributed by atoms with Crippen LogP contribution in [0.15, 0.2) is 59.0 Å². The van der Waals surface area contributed by atoms with Crippen LogP contribution in [-0.2, 0) is 6.42 Å². The summed E-state index contributed by atoms with van der Waals surface area (Å²) in [4.78, 5) is 17.2. The lowest BCUT2D eigenvalue weighted by Crippen LogP contribution is -2.34. The lowest BCUT2D eigenvalue weighted by Gasteiger charge is -2.11. The molecule has 0 radical (unpaired) electrons. The van der Waals surface area contributed by atoms with Gasteiger partial charge in [0.25, 0.3) is 5.91 Å². The molecule has 0 aliphatic rings. The molecule has 2 heterocycles. The predicted octanol–water partition coefficient (Wildman–Crippen LogP) is 5.84. The van der Waals surface area contributed by atoms with Crippen molar-refractivity contribution >= 4 is 74.4 Å². The fraction of sp³-hybridized carbons (Fsp3) is 0.0870. The molecular weight excluding hydrogens is 478 g/mol.